The summed E-state index contributed by atoms with van der Waals surface area (Å²) in [5, 5.41) is 8.32. The van der Waals surface area contributed by atoms with Gasteiger partial charge < -0.3 is 0 Å². The van der Waals surface area contributed by atoms with E-state index < -0.39 is 0 Å². The Balaban J connectivity index is 2.15. The molecule has 1 aliphatic rings. The summed E-state index contributed by atoms with van der Waals surface area (Å²) in [6, 6.07) is 0. The fraction of sp³-hybridized carbons (Fsp3) is 0.818. The fourth-order valence-corrected chi connectivity index (χ4v) is 2.37. The first-order valence-electron chi connectivity index (χ1n) is 5.68. The van der Waals surface area contributed by atoms with Gasteiger partial charge in [0.15, 0.2) is 0 Å². The molecule has 3 nitrogen and oxygen atoms in total. The Morgan fingerprint density at radius 2 is 2.21 bits per heavy atom. The number of aryl methyl sites for hydroxylation is 2. The SMILES string of the molecule is CCC1CCCc2nnn(C)c2CC1. The van der Waals surface area contributed by atoms with Gasteiger partial charge in [0, 0.05) is 7.05 Å². The molecule has 1 aromatic rings. The third-order valence-corrected chi connectivity index (χ3v) is 3.42. The number of nitrogens with zero attached hydrogens (tertiary/aromatic N) is 3. The highest BCUT2D eigenvalue weighted by Gasteiger charge is 2.16. The Kier molecular flexibility index (Phi) is 2.85. The lowest BCUT2D eigenvalue weighted by atomic mass is 9.90. The lowest BCUT2D eigenvalue weighted by molar-refractivity contribution is 0.409. The van der Waals surface area contributed by atoms with Crippen LogP contribution in [0.5, 0.6) is 0 Å². The molecule has 1 atom stereocenters. The minimum absolute atomic E-state index is 0.915. The Morgan fingerprint density at radius 1 is 1.36 bits per heavy atom. The fourth-order valence-electron chi connectivity index (χ4n) is 2.37. The molecule has 0 fully saturated rings. The van der Waals surface area contributed by atoms with Crippen molar-refractivity contribution in [3.8, 4) is 0 Å². The van der Waals surface area contributed by atoms with Crippen LogP contribution in [-0.4, -0.2) is 15.0 Å². The second-order valence-corrected chi connectivity index (χ2v) is 4.31. The predicted octanol–water partition coefficient (Wildman–Crippen LogP) is 2.11. The number of aromatic nitrogens is 3. The van der Waals surface area contributed by atoms with Crippen molar-refractivity contribution in [3.63, 3.8) is 0 Å². The molecular weight excluding hydrogens is 174 g/mol. The van der Waals surface area contributed by atoms with E-state index in [1.165, 1.54) is 37.1 Å². The van der Waals surface area contributed by atoms with Crippen LogP contribution in [0.4, 0.5) is 0 Å². The molecule has 14 heavy (non-hydrogen) atoms. The minimum atomic E-state index is 0.915. The zero-order valence-electron chi connectivity index (χ0n) is 9.16. The van der Waals surface area contributed by atoms with E-state index in [9.17, 15) is 0 Å². The summed E-state index contributed by atoms with van der Waals surface area (Å²) in [7, 11) is 2.01. The first kappa shape index (κ1) is 9.69. The molecule has 0 saturated carbocycles. The molecule has 1 unspecified atom stereocenters. The highest BCUT2D eigenvalue weighted by molar-refractivity contribution is 5.11. The van der Waals surface area contributed by atoms with Crippen molar-refractivity contribution in [3.05, 3.63) is 11.4 Å². The minimum Gasteiger partial charge on any atom is -0.252 e. The average Bonchev–Trinajstić information content (AvgIpc) is 2.47. The van der Waals surface area contributed by atoms with Gasteiger partial charge in [-0.05, 0) is 31.6 Å². The van der Waals surface area contributed by atoms with Gasteiger partial charge in [-0.1, -0.05) is 25.0 Å². The van der Waals surface area contributed by atoms with Crippen LogP contribution in [0.25, 0.3) is 0 Å². The first-order chi connectivity index (χ1) is 6.81. The molecule has 0 saturated heterocycles. The van der Waals surface area contributed by atoms with Crippen LogP contribution in [-0.2, 0) is 19.9 Å². The quantitative estimate of drug-likeness (QED) is 0.684. The van der Waals surface area contributed by atoms with Gasteiger partial charge in [0.05, 0.1) is 11.4 Å². The van der Waals surface area contributed by atoms with Gasteiger partial charge >= 0.3 is 0 Å². The van der Waals surface area contributed by atoms with Gasteiger partial charge in [-0.25, -0.2) is 0 Å². The van der Waals surface area contributed by atoms with Crippen LogP contribution in [0.3, 0.4) is 0 Å². The smallest absolute Gasteiger partial charge is 0.0859 e. The topological polar surface area (TPSA) is 30.7 Å². The Hall–Kier alpha value is -0.860. The van der Waals surface area contributed by atoms with Crippen molar-refractivity contribution in [1.82, 2.24) is 15.0 Å². The second-order valence-electron chi connectivity index (χ2n) is 4.31. The molecule has 0 aliphatic heterocycles. The highest BCUT2D eigenvalue weighted by atomic mass is 15.4. The summed E-state index contributed by atoms with van der Waals surface area (Å²) in [5.74, 6) is 0.915. The van der Waals surface area contributed by atoms with E-state index in [4.69, 9.17) is 0 Å². The van der Waals surface area contributed by atoms with Gasteiger partial charge in [0.25, 0.3) is 0 Å². The van der Waals surface area contributed by atoms with Gasteiger partial charge in [0.1, 0.15) is 0 Å². The van der Waals surface area contributed by atoms with E-state index in [2.05, 4.69) is 17.2 Å². The highest BCUT2D eigenvalue weighted by Crippen LogP contribution is 2.23. The van der Waals surface area contributed by atoms with E-state index in [0.717, 1.165) is 18.8 Å². The third-order valence-electron chi connectivity index (χ3n) is 3.42. The summed E-state index contributed by atoms with van der Waals surface area (Å²) >= 11 is 0. The van der Waals surface area contributed by atoms with E-state index in [1.54, 1.807) is 0 Å². The first-order valence-corrected chi connectivity index (χ1v) is 5.68. The molecule has 0 radical (unpaired) electrons. The number of fused-ring (bicyclic) bond motifs is 1. The van der Waals surface area contributed by atoms with Crippen LogP contribution < -0.4 is 0 Å². The van der Waals surface area contributed by atoms with Gasteiger partial charge in [-0.3, -0.25) is 4.68 Å². The van der Waals surface area contributed by atoms with Crippen LogP contribution >= 0.6 is 0 Å². The van der Waals surface area contributed by atoms with Crippen LogP contribution in [0.15, 0.2) is 0 Å². The number of hydrogen-bond acceptors (Lipinski definition) is 2. The van der Waals surface area contributed by atoms with Crippen molar-refractivity contribution >= 4 is 0 Å². The van der Waals surface area contributed by atoms with Crippen molar-refractivity contribution in [2.24, 2.45) is 13.0 Å². The maximum absolute atomic E-state index is 4.22. The number of rotatable bonds is 1. The van der Waals surface area contributed by atoms with Crippen LogP contribution in [0, 0.1) is 5.92 Å². The molecular formula is C11H19N3. The summed E-state index contributed by atoms with van der Waals surface area (Å²) in [4.78, 5) is 0. The Morgan fingerprint density at radius 3 is 3.00 bits per heavy atom. The summed E-state index contributed by atoms with van der Waals surface area (Å²) in [5.41, 5.74) is 2.60. The molecule has 0 bridgehead atoms. The number of hydrogen-bond donors (Lipinski definition) is 0. The lowest BCUT2D eigenvalue weighted by Crippen LogP contribution is -2.09. The Labute approximate surface area is 85.5 Å². The standard InChI is InChI=1S/C11H19N3/c1-3-9-5-4-6-10-11(8-7-9)14(2)13-12-10/h9H,3-8H2,1-2H3. The maximum atomic E-state index is 4.22. The summed E-state index contributed by atoms with van der Waals surface area (Å²) in [6.07, 6.45) is 7.57. The molecule has 1 aromatic heterocycles. The largest absolute Gasteiger partial charge is 0.252 e. The third kappa shape index (κ3) is 1.81. The molecule has 0 aromatic carbocycles. The molecule has 1 aliphatic carbocycles. The monoisotopic (exact) mass is 193 g/mol. The van der Waals surface area contributed by atoms with Crippen molar-refractivity contribution in [2.75, 3.05) is 0 Å². The normalized spacial score (nSPS) is 22.6. The molecule has 0 amide bonds. The van der Waals surface area contributed by atoms with Gasteiger partial charge in [-0.15, -0.1) is 5.10 Å². The van der Waals surface area contributed by atoms with E-state index in [0.29, 0.717) is 0 Å². The van der Waals surface area contributed by atoms with Crippen molar-refractivity contribution in [1.29, 1.82) is 0 Å². The molecule has 1 heterocycles. The lowest BCUT2D eigenvalue weighted by Gasteiger charge is -2.17. The molecule has 3 heteroatoms. The molecule has 2 rings (SSSR count). The molecule has 0 N–H and O–H groups in total. The average molecular weight is 193 g/mol. The summed E-state index contributed by atoms with van der Waals surface area (Å²) in [6.45, 7) is 2.30. The summed E-state index contributed by atoms with van der Waals surface area (Å²) < 4.78 is 1.95. The second kappa shape index (κ2) is 4.11. The van der Waals surface area contributed by atoms with Crippen LogP contribution in [0.2, 0.25) is 0 Å². The predicted molar refractivity (Wildman–Crippen MR) is 56.0 cm³/mol. The molecule has 0 spiro atoms. The van der Waals surface area contributed by atoms with E-state index in [-0.39, 0.29) is 0 Å². The van der Waals surface area contributed by atoms with Crippen molar-refractivity contribution < 1.29 is 0 Å². The van der Waals surface area contributed by atoms with Crippen molar-refractivity contribution in [2.45, 2.75) is 45.4 Å². The molecule has 78 valence electrons. The van der Waals surface area contributed by atoms with Gasteiger partial charge in [0.2, 0.25) is 0 Å². The van der Waals surface area contributed by atoms with E-state index in [1.807, 2.05) is 11.7 Å². The Bertz CT molecular complexity index is 303. The van der Waals surface area contributed by atoms with Gasteiger partial charge in [-0.2, -0.15) is 0 Å². The maximum Gasteiger partial charge on any atom is 0.0859 e. The van der Waals surface area contributed by atoms with Crippen LogP contribution in [0.1, 0.15) is 44.0 Å². The zero-order chi connectivity index (χ0) is 9.97. The van der Waals surface area contributed by atoms with E-state index >= 15 is 0 Å². The zero-order valence-corrected chi connectivity index (χ0v) is 9.16.